The quantitative estimate of drug-likeness (QED) is 0.636. The lowest BCUT2D eigenvalue weighted by Crippen LogP contribution is -2.33. The Balaban J connectivity index is 1.84. The van der Waals surface area contributed by atoms with Crippen LogP contribution in [-0.2, 0) is 12.8 Å². The molecule has 1 aromatic carbocycles. The van der Waals surface area contributed by atoms with Crippen LogP contribution in [0.1, 0.15) is 55.2 Å². The molecule has 3 aromatic rings. The number of rotatable bonds is 2. The second-order valence-corrected chi connectivity index (χ2v) is 9.64. The zero-order chi connectivity index (χ0) is 22.1. The van der Waals surface area contributed by atoms with E-state index in [1.165, 1.54) is 23.4 Å². The highest BCUT2D eigenvalue weighted by atomic mass is 16.5. The third kappa shape index (κ3) is 3.00. The van der Waals surface area contributed by atoms with E-state index in [1.807, 2.05) is 10.6 Å². The zero-order valence-electron chi connectivity index (χ0n) is 18.1. The van der Waals surface area contributed by atoms with E-state index in [1.54, 1.807) is 12.5 Å². The number of aromatic nitrogens is 1. The maximum atomic E-state index is 12.7. The fraction of sp³-hybridized carbons (Fsp3) is 0.360. The van der Waals surface area contributed by atoms with Crippen LogP contribution in [0.3, 0.4) is 0 Å². The normalized spacial score (nSPS) is 19.4. The van der Waals surface area contributed by atoms with Crippen molar-refractivity contribution in [3.8, 4) is 28.1 Å². The number of carboxylic acid groups (broad SMARTS) is 1. The molecule has 1 N–H and O–H groups in total. The molecule has 2 aliphatic rings. The number of fused-ring (bicyclic) bond motifs is 5. The lowest BCUT2D eigenvalue weighted by Gasteiger charge is -2.39. The molecule has 160 valence electrons. The first-order chi connectivity index (χ1) is 14.6. The van der Waals surface area contributed by atoms with E-state index in [2.05, 4.69) is 33.8 Å². The van der Waals surface area contributed by atoms with E-state index in [0.29, 0.717) is 0 Å². The number of carboxylic acids is 1. The molecule has 0 fully saturated rings. The van der Waals surface area contributed by atoms with E-state index in [-0.39, 0.29) is 23.1 Å². The minimum Gasteiger partial charge on any atom is -0.489 e. The average Bonchev–Trinajstić information content (AvgIpc) is 3.34. The largest absolute Gasteiger partial charge is 0.489 e. The number of aromatic carboxylic acids is 1. The predicted octanol–water partition coefficient (Wildman–Crippen LogP) is 4.94. The Labute approximate surface area is 180 Å². The number of pyridine rings is 1. The number of benzene rings is 1. The molecule has 0 amide bonds. The first-order valence-electron chi connectivity index (χ1n) is 10.5. The Morgan fingerprint density at radius 2 is 1.94 bits per heavy atom. The Morgan fingerprint density at radius 3 is 2.58 bits per heavy atom. The number of hydrogen-bond acceptors (Lipinski definition) is 4. The van der Waals surface area contributed by atoms with Gasteiger partial charge in [0, 0.05) is 47.0 Å². The van der Waals surface area contributed by atoms with Gasteiger partial charge in [0.2, 0.25) is 0 Å². The maximum Gasteiger partial charge on any atom is 0.341 e. The van der Waals surface area contributed by atoms with Crippen molar-refractivity contribution in [2.75, 3.05) is 0 Å². The molecule has 0 spiro atoms. The molecule has 4 heterocycles. The fourth-order valence-corrected chi connectivity index (χ4v) is 4.93. The number of nitrogens with zero attached hydrogens (tertiary/aromatic N) is 1. The highest BCUT2D eigenvalue weighted by Gasteiger charge is 2.38. The lowest BCUT2D eigenvalue weighted by atomic mass is 9.76. The third-order valence-corrected chi connectivity index (χ3v) is 6.46. The summed E-state index contributed by atoms with van der Waals surface area (Å²) in [6.07, 6.45) is 6.46. The summed E-state index contributed by atoms with van der Waals surface area (Å²) in [6, 6.07) is 5.44. The van der Waals surface area contributed by atoms with Crippen LogP contribution in [0.15, 0.2) is 46.1 Å². The molecular weight excluding hydrogens is 394 g/mol. The number of carbonyl (C=O) groups is 1. The standard InChI is InChI=1S/C25H25NO5/c1-13-7-18-16-9-22(25(2,3)4)26-11-19(24(28)29)21(27)10-20(26)17(16)8-15(23(18)31-13)14-5-6-30-12-14/h5-6,8,10-13,22H,7,9H2,1-4H3,(H,28,29)/t13-,22-/m0/s1. The molecular formula is C25H25NO5. The smallest absolute Gasteiger partial charge is 0.341 e. The predicted molar refractivity (Wildman–Crippen MR) is 117 cm³/mol. The molecule has 5 rings (SSSR count). The van der Waals surface area contributed by atoms with Crippen LogP contribution in [0, 0.1) is 5.41 Å². The van der Waals surface area contributed by atoms with E-state index in [9.17, 15) is 14.7 Å². The van der Waals surface area contributed by atoms with Crippen molar-refractivity contribution in [1.29, 1.82) is 0 Å². The van der Waals surface area contributed by atoms with Crippen LogP contribution in [0.25, 0.3) is 22.4 Å². The number of furan rings is 1. The first-order valence-corrected chi connectivity index (χ1v) is 10.5. The van der Waals surface area contributed by atoms with Crippen molar-refractivity contribution >= 4 is 5.97 Å². The van der Waals surface area contributed by atoms with Crippen LogP contribution in [0.5, 0.6) is 5.75 Å². The second kappa shape index (κ2) is 6.61. The minimum absolute atomic E-state index is 0.00785. The van der Waals surface area contributed by atoms with Gasteiger partial charge in [-0.15, -0.1) is 0 Å². The first kappa shape index (κ1) is 19.7. The van der Waals surface area contributed by atoms with E-state index in [0.717, 1.165) is 41.0 Å². The van der Waals surface area contributed by atoms with E-state index < -0.39 is 11.4 Å². The van der Waals surface area contributed by atoms with Gasteiger partial charge in [-0.3, -0.25) is 4.79 Å². The molecule has 6 nitrogen and oxygen atoms in total. The maximum absolute atomic E-state index is 12.7. The van der Waals surface area contributed by atoms with Gasteiger partial charge in [-0.25, -0.2) is 4.79 Å². The summed E-state index contributed by atoms with van der Waals surface area (Å²) in [6.45, 7) is 8.49. The molecule has 0 bridgehead atoms. The van der Waals surface area contributed by atoms with Gasteiger partial charge in [0.05, 0.1) is 18.2 Å². The molecule has 2 aromatic heterocycles. The van der Waals surface area contributed by atoms with Gasteiger partial charge in [0.1, 0.15) is 17.4 Å². The van der Waals surface area contributed by atoms with Gasteiger partial charge in [-0.2, -0.15) is 0 Å². The highest BCUT2D eigenvalue weighted by molar-refractivity contribution is 5.88. The van der Waals surface area contributed by atoms with Crippen LogP contribution >= 0.6 is 0 Å². The van der Waals surface area contributed by atoms with Crippen LogP contribution in [0.4, 0.5) is 0 Å². The number of ether oxygens (including phenoxy) is 1. The van der Waals surface area contributed by atoms with Crippen LogP contribution in [-0.4, -0.2) is 21.7 Å². The molecule has 0 unspecified atom stereocenters. The Kier molecular flexibility index (Phi) is 4.19. The lowest BCUT2D eigenvalue weighted by molar-refractivity contribution is 0.0693. The summed E-state index contributed by atoms with van der Waals surface area (Å²) < 4.78 is 13.5. The van der Waals surface area contributed by atoms with Crippen LogP contribution in [0.2, 0.25) is 0 Å². The van der Waals surface area contributed by atoms with E-state index in [4.69, 9.17) is 9.15 Å². The molecule has 2 aliphatic heterocycles. The molecule has 31 heavy (non-hydrogen) atoms. The minimum atomic E-state index is -1.20. The van der Waals surface area contributed by atoms with Gasteiger partial charge < -0.3 is 18.8 Å². The third-order valence-electron chi connectivity index (χ3n) is 6.46. The summed E-state index contributed by atoms with van der Waals surface area (Å²) in [4.78, 5) is 24.3. The molecule has 6 heteroatoms. The van der Waals surface area contributed by atoms with Gasteiger partial charge in [-0.05, 0) is 36.5 Å². The molecule has 2 atom stereocenters. The number of hydrogen-bond donors (Lipinski definition) is 1. The van der Waals surface area contributed by atoms with Crippen molar-refractivity contribution in [1.82, 2.24) is 4.57 Å². The highest BCUT2D eigenvalue weighted by Crippen LogP contribution is 2.50. The summed E-state index contributed by atoms with van der Waals surface area (Å²) in [5, 5.41) is 9.54. The Bertz CT molecular complexity index is 1260. The fourth-order valence-electron chi connectivity index (χ4n) is 4.93. The molecule has 0 saturated carbocycles. The Hall–Kier alpha value is -3.28. The van der Waals surface area contributed by atoms with Crippen molar-refractivity contribution in [3.05, 3.63) is 63.8 Å². The summed E-state index contributed by atoms with van der Waals surface area (Å²) in [5.41, 5.74) is 5.11. The summed E-state index contributed by atoms with van der Waals surface area (Å²) in [5.74, 6) is -0.313. The van der Waals surface area contributed by atoms with Crippen molar-refractivity contribution in [2.24, 2.45) is 5.41 Å². The molecule has 0 saturated heterocycles. The monoisotopic (exact) mass is 419 g/mol. The zero-order valence-corrected chi connectivity index (χ0v) is 18.1. The van der Waals surface area contributed by atoms with E-state index >= 15 is 0 Å². The summed E-state index contributed by atoms with van der Waals surface area (Å²) >= 11 is 0. The van der Waals surface area contributed by atoms with Crippen molar-refractivity contribution in [2.45, 2.75) is 52.7 Å². The SMILES string of the molecule is C[C@H]1Cc2c3c(cc(-c4ccoc4)c2O1)-c1cc(=O)c(C(=O)O)cn1[C@H](C(C)(C)C)C3. The van der Waals surface area contributed by atoms with Crippen molar-refractivity contribution in [3.63, 3.8) is 0 Å². The average molecular weight is 419 g/mol. The van der Waals surface area contributed by atoms with Gasteiger partial charge in [-0.1, -0.05) is 20.8 Å². The Morgan fingerprint density at radius 1 is 1.16 bits per heavy atom. The van der Waals surface area contributed by atoms with Gasteiger partial charge >= 0.3 is 5.97 Å². The van der Waals surface area contributed by atoms with Crippen LogP contribution < -0.4 is 10.2 Å². The second-order valence-electron chi connectivity index (χ2n) is 9.64. The molecule has 0 aliphatic carbocycles. The van der Waals surface area contributed by atoms with Gasteiger partial charge in [0.15, 0.2) is 5.43 Å². The van der Waals surface area contributed by atoms with Crippen molar-refractivity contribution < 1.29 is 19.1 Å². The summed E-state index contributed by atoms with van der Waals surface area (Å²) in [7, 11) is 0. The molecule has 0 radical (unpaired) electrons. The van der Waals surface area contributed by atoms with Gasteiger partial charge in [0.25, 0.3) is 0 Å². The topological polar surface area (TPSA) is 81.7 Å².